The lowest BCUT2D eigenvalue weighted by atomic mass is 9.88. The predicted molar refractivity (Wildman–Crippen MR) is 131 cm³/mol. The first kappa shape index (κ1) is 25.5. The number of carbonyl (C=O) groups excluding carboxylic acids is 3. The Morgan fingerprint density at radius 2 is 1.79 bits per heavy atom. The topological polar surface area (TPSA) is 95.7 Å². The fourth-order valence-corrected chi connectivity index (χ4v) is 5.21. The minimum atomic E-state index is -0.587. The highest BCUT2D eigenvalue weighted by Gasteiger charge is 2.41. The lowest BCUT2D eigenvalue weighted by Gasteiger charge is -2.40. The van der Waals surface area contributed by atoms with Crippen LogP contribution >= 0.6 is 12.4 Å². The van der Waals surface area contributed by atoms with Gasteiger partial charge in [-0.2, -0.15) is 0 Å². The van der Waals surface area contributed by atoms with Gasteiger partial charge in [0.25, 0.3) is 5.91 Å². The van der Waals surface area contributed by atoms with Crippen molar-refractivity contribution in [2.24, 2.45) is 11.1 Å². The molecule has 4 rings (SSSR count). The zero-order chi connectivity index (χ0) is 23.0. The van der Waals surface area contributed by atoms with E-state index in [1.54, 1.807) is 4.90 Å². The number of nitrogens with one attached hydrogen (secondary N) is 1. The number of imide groups is 1. The summed E-state index contributed by atoms with van der Waals surface area (Å²) in [5.74, 6) is -0.743. The molecule has 1 aromatic carbocycles. The van der Waals surface area contributed by atoms with E-state index < -0.39 is 6.04 Å². The Morgan fingerprint density at radius 1 is 1.09 bits per heavy atom. The van der Waals surface area contributed by atoms with Crippen LogP contribution in [0.3, 0.4) is 0 Å². The quantitative estimate of drug-likeness (QED) is 0.635. The van der Waals surface area contributed by atoms with Crippen LogP contribution in [0.1, 0.15) is 81.6 Å². The summed E-state index contributed by atoms with van der Waals surface area (Å²) in [6.07, 6.45) is 5.85. The highest BCUT2D eigenvalue weighted by molar-refractivity contribution is 6.06. The molecule has 1 atom stereocenters. The van der Waals surface area contributed by atoms with E-state index in [1.165, 1.54) is 0 Å². The fourth-order valence-electron chi connectivity index (χ4n) is 5.21. The molecule has 1 aliphatic carbocycles. The number of fused-ring (bicyclic) bond motifs is 1. The second kappa shape index (κ2) is 10.0. The number of hydrogen-bond donors (Lipinski definition) is 2. The van der Waals surface area contributed by atoms with Gasteiger partial charge in [-0.3, -0.25) is 19.7 Å². The zero-order valence-electron chi connectivity index (χ0n) is 19.9. The number of rotatable bonds is 5. The third-order valence-electron chi connectivity index (χ3n) is 7.15. The van der Waals surface area contributed by atoms with Crippen molar-refractivity contribution in [3.05, 3.63) is 29.3 Å². The number of benzene rings is 1. The Bertz CT molecular complexity index is 905. The van der Waals surface area contributed by atoms with Gasteiger partial charge in [0.1, 0.15) is 6.04 Å². The number of amides is 3. The van der Waals surface area contributed by atoms with E-state index in [0.717, 1.165) is 49.9 Å². The normalized spacial score (nSPS) is 25.4. The molecule has 182 valence electrons. The zero-order valence-corrected chi connectivity index (χ0v) is 20.7. The molecule has 3 aliphatic rings. The van der Waals surface area contributed by atoms with E-state index in [2.05, 4.69) is 37.1 Å². The molecule has 0 aromatic heterocycles. The fraction of sp³-hybridized carbons (Fsp3) is 0.640. The van der Waals surface area contributed by atoms with Crippen LogP contribution in [0.2, 0.25) is 0 Å². The van der Waals surface area contributed by atoms with Crippen molar-refractivity contribution in [1.29, 1.82) is 0 Å². The summed E-state index contributed by atoms with van der Waals surface area (Å²) in [4.78, 5) is 41.4. The second-order valence-corrected chi connectivity index (χ2v) is 10.8. The van der Waals surface area contributed by atoms with Crippen molar-refractivity contribution in [2.45, 2.75) is 90.4 Å². The van der Waals surface area contributed by atoms with Gasteiger partial charge in [-0.05, 0) is 56.1 Å². The van der Waals surface area contributed by atoms with Crippen molar-refractivity contribution < 1.29 is 14.4 Å². The van der Waals surface area contributed by atoms with Crippen LogP contribution in [-0.2, 0) is 16.1 Å². The van der Waals surface area contributed by atoms with Crippen LogP contribution in [0.4, 0.5) is 5.69 Å². The lowest BCUT2D eigenvalue weighted by molar-refractivity contribution is -0.136. The molecule has 2 aliphatic heterocycles. The molecule has 1 saturated carbocycles. The van der Waals surface area contributed by atoms with Crippen molar-refractivity contribution in [3.8, 4) is 0 Å². The Labute approximate surface area is 202 Å². The summed E-state index contributed by atoms with van der Waals surface area (Å²) in [5, 5.41) is 2.39. The van der Waals surface area contributed by atoms with E-state index in [0.29, 0.717) is 24.6 Å². The molecule has 33 heavy (non-hydrogen) atoms. The number of carbonyl (C=O) groups is 3. The van der Waals surface area contributed by atoms with E-state index in [9.17, 15) is 14.4 Å². The lowest BCUT2D eigenvalue weighted by Crippen LogP contribution is -2.52. The van der Waals surface area contributed by atoms with E-state index in [1.807, 2.05) is 12.1 Å². The average molecular weight is 477 g/mol. The van der Waals surface area contributed by atoms with Gasteiger partial charge in [-0.15, -0.1) is 12.4 Å². The van der Waals surface area contributed by atoms with Crippen molar-refractivity contribution in [2.75, 3.05) is 11.4 Å². The number of hydrogen-bond acceptors (Lipinski definition) is 5. The van der Waals surface area contributed by atoms with Crippen LogP contribution < -0.4 is 16.0 Å². The summed E-state index contributed by atoms with van der Waals surface area (Å²) >= 11 is 0. The van der Waals surface area contributed by atoms with E-state index >= 15 is 0 Å². The molecule has 3 N–H and O–H groups in total. The molecule has 7 nitrogen and oxygen atoms in total. The number of anilines is 1. The second-order valence-electron chi connectivity index (χ2n) is 10.8. The molecule has 2 heterocycles. The highest BCUT2D eigenvalue weighted by Crippen LogP contribution is 2.37. The van der Waals surface area contributed by atoms with Gasteiger partial charge >= 0.3 is 0 Å². The molecule has 0 spiro atoms. The summed E-state index contributed by atoms with van der Waals surface area (Å²) in [6, 6.07) is 6.04. The van der Waals surface area contributed by atoms with Crippen LogP contribution in [0.15, 0.2) is 18.2 Å². The van der Waals surface area contributed by atoms with Gasteiger partial charge < -0.3 is 15.5 Å². The minimum Gasteiger partial charge on any atom is -0.368 e. The summed E-state index contributed by atoms with van der Waals surface area (Å²) < 4.78 is 0. The van der Waals surface area contributed by atoms with Gasteiger partial charge in [-0.25, -0.2) is 0 Å². The molecule has 1 saturated heterocycles. The first-order chi connectivity index (χ1) is 15.1. The maximum atomic E-state index is 13.3. The standard InChI is InChI=1S/C25H36N4O3.ClH/c1-25(2,3)13-14-28(17-9-7-16(26)8-10-17)20-6-4-5-18-19(20)15-29(24(18)32)21-11-12-22(30)27-23(21)31;/h4-6,16-17,21H,7-15,26H2,1-3H3,(H,27,30,31);1H. The Morgan fingerprint density at radius 3 is 2.42 bits per heavy atom. The number of piperidine rings is 1. The molecular formula is C25H37ClN4O3. The predicted octanol–water partition coefficient (Wildman–Crippen LogP) is 3.38. The van der Waals surface area contributed by atoms with Crippen molar-refractivity contribution in [3.63, 3.8) is 0 Å². The van der Waals surface area contributed by atoms with Crippen LogP contribution in [0.25, 0.3) is 0 Å². The Kier molecular flexibility index (Phi) is 7.74. The van der Waals surface area contributed by atoms with E-state index in [4.69, 9.17) is 5.73 Å². The minimum absolute atomic E-state index is 0. The van der Waals surface area contributed by atoms with Crippen LogP contribution in [0.5, 0.6) is 0 Å². The summed E-state index contributed by atoms with van der Waals surface area (Å²) in [7, 11) is 0. The average Bonchev–Trinajstić information content (AvgIpc) is 3.06. The van der Waals surface area contributed by atoms with E-state index in [-0.39, 0.29) is 48.0 Å². The van der Waals surface area contributed by atoms with Crippen LogP contribution in [-0.4, -0.2) is 47.3 Å². The molecule has 3 amide bonds. The Balaban J connectivity index is 0.00000306. The maximum absolute atomic E-state index is 13.3. The van der Waals surface area contributed by atoms with Gasteiger partial charge in [0.05, 0.1) is 0 Å². The van der Waals surface area contributed by atoms with Gasteiger partial charge in [0.15, 0.2) is 0 Å². The SMILES string of the molecule is CC(C)(C)CCN(c1cccc2c1CN(C1CCC(=O)NC1=O)C2=O)C1CCC(N)CC1.Cl. The third kappa shape index (κ3) is 5.52. The number of nitrogens with zero attached hydrogens (tertiary/aromatic N) is 2. The van der Waals surface area contributed by atoms with Crippen molar-refractivity contribution in [1.82, 2.24) is 10.2 Å². The van der Waals surface area contributed by atoms with Gasteiger partial charge in [0, 0.05) is 48.4 Å². The molecule has 0 radical (unpaired) electrons. The number of nitrogens with two attached hydrogens (primary N) is 1. The largest absolute Gasteiger partial charge is 0.368 e. The monoisotopic (exact) mass is 476 g/mol. The van der Waals surface area contributed by atoms with Crippen molar-refractivity contribution >= 4 is 35.8 Å². The maximum Gasteiger partial charge on any atom is 0.255 e. The summed E-state index contributed by atoms with van der Waals surface area (Å²) in [5.41, 5.74) is 9.18. The number of halogens is 1. The molecule has 1 aromatic rings. The molecular weight excluding hydrogens is 440 g/mol. The first-order valence-corrected chi connectivity index (χ1v) is 11.9. The smallest absolute Gasteiger partial charge is 0.255 e. The third-order valence-corrected chi connectivity index (χ3v) is 7.15. The first-order valence-electron chi connectivity index (χ1n) is 11.9. The Hall–Kier alpha value is -2.12. The van der Waals surface area contributed by atoms with Gasteiger partial charge in [-0.1, -0.05) is 26.8 Å². The molecule has 8 heteroatoms. The molecule has 1 unspecified atom stereocenters. The summed E-state index contributed by atoms with van der Waals surface area (Å²) in [6.45, 7) is 8.10. The van der Waals surface area contributed by atoms with Crippen LogP contribution in [0, 0.1) is 5.41 Å². The van der Waals surface area contributed by atoms with Gasteiger partial charge in [0.2, 0.25) is 11.8 Å². The molecule has 2 fully saturated rings. The molecule has 0 bridgehead atoms. The highest BCUT2D eigenvalue weighted by atomic mass is 35.5.